The Morgan fingerprint density at radius 1 is 1.18 bits per heavy atom. The number of ether oxygens (including phenoxy) is 1. The number of amides is 1. The topological polar surface area (TPSA) is 54.5 Å². The third-order valence-electron chi connectivity index (χ3n) is 5.76. The largest absolute Gasteiger partial charge is 0.484 e. The molecule has 0 saturated carbocycles. The van der Waals surface area contributed by atoms with E-state index in [1.165, 1.54) is 34.7 Å². The van der Waals surface area contributed by atoms with E-state index in [1.54, 1.807) is 22.7 Å². The molecule has 3 heterocycles. The molecule has 1 amide bonds. The first kappa shape index (κ1) is 22.0. The highest BCUT2D eigenvalue weighted by molar-refractivity contribution is 7.22. The summed E-state index contributed by atoms with van der Waals surface area (Å²) in [6.45, 7) is 6.13. The zero-order chi connectivity index (χ0) is 22.9. The van der Waals surface area contributed by atoms with Crippen molar-refractivity contribution in [3.05, 3.63) is 64.8 Å². The standard InChI is InChI=1S/C25H24FN3O2S2/c1-15(2)29-12-11-18-21(13-29)33-25(23(18)24-27-19-5-3-4-6-20(19)32-24)28-22(30)14-31-17-9-7-16(26)8-10-17/h3-10,15H,11-14H2,1-2H3,(H,28,30). The van der Waals surface area contributed by atoms with Crippen LogP contribution in [0.25, 0.3) is 20.8 Å². The number of thiophene rings is 1. The van der Waals surface area contributed by atoms with Crippen molar-refractivity contribution in [2.75, 3.05) is 18.5 Å². The Kier molecular flexibility index (Phi) is 6.14. The number of nitrogens with zero attached hydrogens (tertiary/aromatic N) is 2. The molecule has 0 fully saturated rings. The quantitative estimate of drug-likeness (QED) is 0.370. The van der Waals surface area contributed by atoms with Crippen LogP contribution in [0.5, 0.6) is 5.75 Å². The van der Waals surface area contributed by atoms with E-state index in [4.69, 9.17) is 9.72 Å². The Hall–Kier alpha value is -2.81. The predicted octanol–water partition coefficient (Wildman–Crippen LogP) is 5.95. The third-order valence-corrected chi connectivity index (χ3v) is 7.95. The van der Waals surface area contributed by atoms with Gasteiger partial charge in [0.2, 0.25) is 0 Å². The molecular formula is C25H24FN3O2S2. The number of fused-ring (bicyclic) bond motifs is 2. The average Bonchev–Trinajstić information content (AvgIpc) is 3.38. The van der Waals surface area contributed by atoms with Crippen molar-refractivity contribution in [2.45, 2.75) is 32.9 Å². The molecule has 2 aromatic heterocycles. The van der Waals surface area contributed by atoms with E-state index in [0.717, 1.165) is 45.3 Å². The fourth-order valence-electron chi connectivity index (χ4n) is 4.00. The molecule has 0 unspecified atom stereocenters. The lowest BCUT2D eigenvalue weighted by molar-refractivity contribution is -0.118. The molecule has 0 aliphatic carbocycles. The molecule has 0 atom stereocenters. The van der Waals surface area contributed by atoms with Crippen LogP contribution in [0.15, 0.2) is 48.5 Å². The minimum atomic E-state index is -0.341. The average molecular weight is 482 g/mol. The molecule has 170 valence electrons. The van der Waals surface area contributed by atoms with Crippen LogP contribution < -0.4 is 10.1 Å². The molecule has 2 aromatic carbocycles. The minimum Gasteiger partial charge on any atom is -0.484 e. The lowest BCUT2D eigenvalue weighted by Gasteiger charge is -2.30. The summed E-state index contributed by atoms with van der Waals surface area (Å²) >= 11 is 3.28. The smallest absolute Gasteiger partial charge is 0.262 e. The van der Waals surface area contributed by atoms with Crippen LogP contribution in [0.2, 0.25) is 0 Å². The van der Waals surface area contributed by atoms with Crippen LogP contribution in [-0.4, -0.2) is 35.0 Å². The Labute approximate surface area is 199 Å². The summed E-state index contributed by atoms with van der Waals surface area (Å²) in [5.74, 6) is -0.135. The van der Waals surface area contributed by atoms with E-state index >= 15 is 0 Å². The lowest BCUT2D eigenvalue weighted by Crippen LogP contribution is -2.35. The van der Waals surface area contributed by atoms with E-state index < -0.39 is 0 Å². The summed E-state index contributed by atoms with van der Waals surface area (Å²) in [6, 6.07) is 14.2. The Morgan fingerprint density at radius 2 is 1.97 bits per heavy atom. The van der Waals surface area contributed by atoms with Crippen LogP contribution in [0.4, 0.5) is 9.39 Å². The summed E-state index contributed by atoms with van der Waals surface area (Å²) in [5.41, 5.74) is 3.29. The molecule has 1 aliphatic rings. The fourth-order valence-corrected chi connectivity index (χ4v) is 6.40. The third kappa shape index (κ3) is 4.64. The van der Waals surface area contributed by atoms with Crippen molar-refractivity contribution < 1.29 is 13.9 Å². The number of halogens is 1. The number of thiazole rings is 1. The van der Waals surface area contributed by atoms with Crippen molar-refractivity contribution in [1.29, 1.82) is 0 Å². The highest BCUT2D eigenvalue weighted by Gasteiger charge is 2.28. The number of carbonyl (C=O) groups is 1. The van der Waals surface area contributed by atoms with E-state index in [2.05, 4.69) is 30.1 Å². The van der Waals surface area contributed by atoms with Gasteiger partial charge in [-0.1, -0.05) is 12.1 Å². The van der Waals surface area contributed by atoms with Gasteiger partial charge in [-0.2, -0.15) is 0 Å². The maximum atomic E-state index is 13.1. The predicted molar refractivity (Wildman–Crippen MR) is 133 cm³/mol. The molecule has 0 saturated heterocycles. The summed E-state index contributed by atoms with van der Waals surface area (Å²) in [4.78, 5) is 21.4. The van der Waals surface area contributed by atoms with Crippen molar-refractivity contribution in [3.63, 3.8) is 0 Å². The second-order valence-corrected chi connectivity index (χ2v) is 10.4. The molecule has 4 aromatic rings. The van der Waals surface area contributed by atoms with E-state index in [-0.39, 0.29) is 18.3 Å². The van der Waals surface area contributed by atoms with Crippen LogP contribution >= 0.6 is 22.7 Å². The van der Waals surface area contributed by atoms with Gasteiger partial charge in [0, 0.05) is 29.6 Å². The molecular weight excluding hydrogens is 457 g/mol. The molecule has 1 N–H and O–H groups in total. The molecule has 5 nitrogen and oxygen atoms in total. The number of aromatic nitrogens is 1. The first-order chi connectivity index (χ1) is 16.0. The van der Waals surface area contributed by atoms with Crippen LogP contribution in [0.3, 0.4) is 0 Å². The Morgan fingerprint density at radius 3 is 2.73 bits per heavy atom. The zero-order valence-corrected chi connectivity index (χ0v) is 20.1. The van der Waals surface area contributed by atoms with Gasteiger partial charge in [-0.25, -0.2) is 9.37 Å². The number of rotatable bonds is 6. The van der Waals surface area contributed by atoms with Gasteiger partial charge >= 0.3 is 0 Å². The molecule has 5 rings (SSSR count). The van der Waals surface area contributed by atoms with Crippen molar-refractivity contribution in [2.24, 2.45) is 0 Å². The first-order valence-corrected chi connectivity index (χ1v) is 12.5. The highest BCUT2D eigenvalue weighted by atomic mass is 32.1. The highest BCUT2D eigenvalue weighted by Crippen LogP contribution is 2.45. The number of hydrogen-bond acceptors (Lipinski definition) is 6. The molecule has 8 heteroatoms. The van der Waals surface area contributed by atoms with Gasteiger partial charge in [0.15, 0.2) is 6.61 Å². The van der Waals surface area contributed by atoms with Gasteiger partial charge in [0.1, 0.15) is 21.6 Å². The number of para-hydroxylation sites is 1. The number of hydrogen-bond donors (Lipinski definition) is 1. The van der Waals surface area contributed by atoms with Crippen LogP contribution in [-0.2, 0) is 17.8 Å². The lowest BCUT2D eigenvalue weighted by atomic mass is 10.0. The Bertz CT molecular complexity index is 1260. The minimum absolute atomic E-state index is 0.147. The van der Waals surface area contributed by atoms with E-state index in [1.807, 2.05) is 18.2 Å². The Balaban J connectivity index is 1.44. The number of benzene rings is 2. The molecule has 0 bridgehead atoms. The van der Waals surface area contributed by atoms with Gasteiger partial charge in [-0.3, -0.25) is 9.69 Å². The van der Waals surface area contributed by atoms with Gasteiger partial charge in [-0.15, -0.1) is 22.7 Å². The second-order valence-electron chi connectivity index (χ2n) is 8.30. The van der Waals surface area contributed by atoms with Gasteiger partial charge in [-0.05, 0) is 62.2 Å². The van der Waals surface area contributed by atoms with Gasteiger partial charge in [0.05, 0.1) is 10.2 Å². The van der Waals surface area contributed by atoms with Gasteiger partial charge in [0.25, 0.3) is 5.91 Å². The first-order valence-electron chi connectivity index (χ1n) is 10.9. The SMILES string of the molecule is CC(C)N1CCc2c(sc(NC(=O)COc3ccc(F)cc3)c2-c2nc3ccccc3s2)C1. The molecule has 33 heavy (non-hydrogen) atoms. The summed E-state index contributed by atoms with van der Waals surface area (Å²) in [7, 11) is 0. The van der Waals surface area contributed by atoms with E-state index in [9.17, 15) is 9.18 Å². The van der Waals surface area contributed by atoms with Crippen LogP contribution in [0, 0.1) is 5.82 Å². The maximum Gasteiger partial charge on any atom is 0.262 e. The van der Waals surface area contributed by atoms with E-state index in [0.29, 0.717) is 11.8 Å². The number of anilines is 1. The molecule has 0 spiro atoms. The number of nitrogens with one attached hydrogen (secondary N) is 1. The second kappa shape index (κ2) is 9.21. The van der Waals surface area contributed by atoms with Crippen molar-refractivity contribution in [1.82, 2.24) is 9.88 Å². The summed E-state index contributed by atoms with van der Waals surface area (Å²) < 4.78 is 19.8. The summed E-state index contributed by atoms with van der Waals surface area (Å²) in [5, 5.41) is 4.81. The molecule has 1 aliphatic heterocycles. The molecule has 0 radical (unpaired) electrons. The van der Waals surface area contributed by atoms with Crippen molar-refractivity contribution >= 4 is 43.8 Å². The van der Waals surface area contributed by atoms with Crippen LogP contribution in [0.1, 0.15) is 24.3 Å². The monoisotopic (exact) mass is 481 g/mol. The van der Waals surface area contributed by atoms with Gasteiger partial charge < -0.3 is 10.1 Å². The zero-order valence-electron chi connectivity index (χ0n) is 18.4. The maximum absolute atomic E-state index is 13.1. The fraction of sp³-hybridized carbons (Fsp3) is 0.280. The number of carbonyl (C=O) groups excluding carboxylic acids is 1. The summed E-state index contributed by atoms with van der Waals surface area (Å²) in [6.07, 6.45) is 0.928. The van der Waals surface area contributed by atoms with Crippen molar-refractivity contribution in [3.8, 4) is 16.3 Å². The normalized spacial score (nSPS) is 13.9.